The van der Waals surface area contributed by atoms with Crippen molar-refractivity contribution < 1.29 is 35.9 Å². The van der Waals surface area contributed by atoms with E-state index in [4.69, 9.17) is 4.74 Å². The number of benzene rings is 1. The first-order valence-electron chi connectivity index (χ1n) is 9.18. The third-order valence-electron chi connectivity index (χ3n) is 5.03. The van der Waals surface area contributed by atoms with Crippen molar-refractivity contribution in [3.63, 3.8) is 0 Å². The van der Waals surface area contributed by atoms with Crippen LogP contribution in [0.15, 0.2) is 18.2 Å². The van der Waals surface area contributed by atoms with Gasteiger partial charge in [-0.1, -0.05) is 0 Å². The molecule has 0 bridgehead atoms. The van der Waals surface area contributed by atoms with Crippen molar-refractivity contribution in [3.8, 4) is 0 Å². The molecular formula is C18H21F6N3O2. The minimum Gasteiger partial charge on any atom is -0.379 e. The van der Waals surface area contributed by atoms with Crippen molar-refractivity contribution >= 4 is 11.7 Å². The van der Waals surface area contributed by atoms with Crippen LogP contribution in [0.25, 0.3) is 0 Å². The number of nitrogens with zero attached hydrogens (tertiary/aromatic N) is 2. The molecule has 5 nitrogen and oxygen atoms in total. The summed E-state index contributed by atoms with van der Waals surface area (Å²) in [6, 6.07) is 0.342. The molecule has 2 heterocycles. The van der Waals surface area contributed by atoms with Crippen LogP contribution in [0.2, 0.25) is 0 Å². The standard InChI is InChI=1S/C18H21F6N3O2/c19-17(20,21)13-7-14(18(22,23)24)9-15(8-13)25-16(28)27-2-1-12(11-27)10-26-3-5-29-6-4-26/h7-9,12H,1-6,10-11H2,(H,25,28)/t12-/m0/s1. The number of halogens is 6. The first kappa shape index (κ1) is 21.7. The van der Waals surface area contributed by atoms with Crippen molar-refractivity contribution in [2.75, 3.05) is 51.3 Å². The Morgan fingerprint density at radius 1 is 1.00 bits per heavy atom. The molecule has 1 aromatic rings. The summed E-state index contributed by atoms with van der Waals surface area (Å²) in [6.45, 7) is 4.46. The number of likely N-dealkylation sites (tertiary alicyclic amines) is 1. The van der Waals surface area contributed by atoms with Gasteiger partial charge < -0.3 is 15.0 Å². The fourth-order valence-corrected chi connectivity index (χ4v) is 3.54. The maximum atomic E-state index is 12.9. The van der Waals surface area contributed by atoms with Gasteiger partial charge in [-0.25, -0.2) is 4.79 Å². The minimum absolute atomic E-state index is 0.0316. The van der Waals surface area contributed by atoms with Gasteiger partial charge in [0.15, 0.2) is 0 Å². The summed E-state index contributed by atoms with van der Waals surface area (Å²) in [5, 5.41) is 2.19. The van der Waals surface area contributed by atoms with E-state index in [1.165, 1.54) is 4.90 Å². The molecule has 0 unspecified atom stereocenters. The first-order valence-corrected chi connectivity index (χ1v) is 9.18. The van der Waals surface area contributed by atoms with Gasteiger partial charge in [-0.3, -0.25) is 4.90 Å². The van der Waals surface area contributed by atoms with Crippen LogP contribution in [0.4, 0.5) is 36.8 Å². The Bertz CT molecular complexity index is 699. The van der Waals surface area contributed by atoms with Crippen molar-refractivity contribution in [2.45, 2.75) is 18.8 Å². The van der Waals surface area contributed by atoms with E-state index in [0.29, 0.717) is 38.4 Å². The van der Waals surface area contributed by atoms with Crippen LogP contribution >= 0.6 is 0 Å². The van der Waals surface area contributed by atoms with E-state index in [2.05, 4.69) is 10.2 Å². The number of hydrogen-bond donors (Lipinski definition) is 1. The zero-order chi connectivity index (χ0) is 21.2. The largest absolute Gasteiger partial charge is 0.416 e. The van der Waals surface area contributed by atoms with E-state index in [9.17, 15) is 31.1 Å². The molecule has 0 spiro atoms. The summed E-state index contributed by atoms with van der Waals surface area (Å²) < 4.78 is 82.9. The van der Waals surface area contributed by atoms with E-state index in [-0.39, 0.29) is 12.0 Å². The molecule has 2 aliphatic rings. The number of urea groups is 1. The van der Waals surface area contributed by atoms with Crippen molar-refractivity contribution in [2.24, 2.45) is 5.92 Å². The number of anilines is 1. The van der Waals surface area contributed by atoms with Crippen LogP contribution < -0.4 is 5.32 Å². The van der Waals surface area contributed by atoms with Crippen LogP contribution in [0.3, 0.4) is 0 Å². The molecule has 0 aliphatic carbocycles. The maximum absolute atomic E-state index is 12.9. The van der Waals surface area contributed by atoms with Crippen LogP contribution in [0, 0.1) is 5.92 Å². The molecule has 1 aromatic carbocycles. The highest BCUT2D eigenvalue weighted by Crippen LogP contribution is 2.37. The van der Waals surface area contributed by atoms with Crippen LogP contribution in [-0.2, 0) is 17.1 Å². The molecule has 0 saturated carbocycles. The number of carbonyl (C=O) groups excluding carboxylic acids is 1. The highest BCUT2D eigenvalue weighted by Gasteiger charge is 2.37. The SMILES string of the molecule is O=C(Nc1cc(C(F)(F)F)cc(C(F)(F)F)c1)N1CC[C@@H](CN2CCOCC2)C1. The normalized spacial score (nSPS) is 21.4. The second-order valence-corrected chi connectivity index (χ2v) is 7.24. The predicted octanol–water partition coefficient (Wildman–Crippen LogP) is 3.91. The highest BCUT2D eigenvalue weighted by molar-refractivity contribution is 5.89. The van der Waals surface area contributed by atoms with Crippen LogP contribution in [0.5, 0.6) is 0 Å². The molecule has 29 heavy (non-hydrogen) atoms. The number of nitrogens with one attached hydrogen (secondary N) is 1. The smallest absolute Gasteiger partial charge is 0.379 e. The van der Waals surface area contributed by atoms with Crippen molar-refractivity contribution in [1.82, 2.24) is 9.80 Å². The van der Waals surface area contributed by atoms with Crippen LogP contribution in [-0.4, -0.2) is 61.8 Å². The van der Waals surface area contributed by atoms with Crippen molar-refractivity contribution in [3.05, 3.63) is 29.3 Å². The average Bonchev–Trinajstić information content (AvgIpc) is 3.09. The molecule has 2 saturated heterocycles. The summed E-state index contributed by atoms with van der Waals surface area (Å²) in [7, 11) is 0. The minimum atomic E-state index is -4.96. The van der Waals surface area contributed by atoms with Gasteiger partial charge in [-0.2, -0.15) is 26.3 Å². The summed E-state index contributed by atoms with van der Waals surface area (Å²) in [6.07, 6.45) is -9.20. The predicted molar refractivity (Wildman–Crippen MR) is 92.4 cm³/mol. The number of rotatable bonds is 3. The van der Waals surface area contributed by atoms with Gasteiger partial charge in [0.2, 0.25) is 0 Å². The molecule has 0 aromatic heterocycles. The Kier molecular flexibility index (Phi) is 6.27. The third-order valence-corrected chi connectivity index (χ3v) is 5.03. The summed E-state index contributed by atoms with van der Waals surface area (Å²) >= 11 is 0. The summed E-state index contributed by atoms with van der Waals surface area (Å²) in [4.78, 5) is 16.0. The highest BCUT2D eigenvalue weighted by atomic mass is 19.4. The summed E-state index contributed by atoms with van der Waals surface area (Å²) in [5.41, 5.74) is -3.46. The lowest BCUT2D eigenvalue weighted by molar-refractivity contribution is -0.143. The molecule has 3 rings (SSSR count). The molecule has 2 amide bonds. The third kappa shape index (κ3) is 5.75. The molecule has 1 atom stereocenters. The molecular weight excluding hydrogens is 404 g/mol. The monoisotopic (exact) mass is 425 g/mol. The van der Waals surface area contributed by atoms with Gasteiger partial charge in [0.05, 0.1) is 24.3 Å². The fraction of sp³-hybridized carbons (Fsp3) is 0.611. The number of ether oxygens (including phenoxy) is 1. The van der Waals surface area contributed by atoms with Gasteiger partial charge in [-0.15, -0.1) is 0 Å². The lowest BCUT2D eigenvalue weighted by Crippen LogP contribution is -2.40. The van der Waals surface area contributed by atoms with E-state index >= 15 is 0 Å². The molecule has 2 fully saturated rings. The topological polar surface area (TPSA) is 44.8 Å². The Balaban J connectivity index is 1.65. The van der Waals surface area contributed by atoms with E-state index in [1.54, 1.807) is 0 Å². The number of hydrogen-bond acceptors (Lipinski definition) is 3. The molecule has 0 radical (unpaired) electrons. The Morgan fingerprint density at radius 3 is 2.14 bits per heavy atom. The number of alkyl halides is 6. The van der Waals surface area contributed by atoms with Gasteiger partial charge >= 0.3 is 18.4 Å². The fourth-order valence-electron chi connectivity index (χ4n) is 3.54. The first-order chi connectivity index (χ1) is 13.5. The van der Waals surface area contributed by atoms with Gasteiger partial charge in [0, 0.05) is 38.4 Å². The maximum Gasteiger partial charge on any atom is 0.416 e. The van der Waals surface area contributed by atoms with E-state index in [0.717, 1.165) is 26.1 Å². The van der Waals surface area contributed by atoms with Gasteiger partial charge in [-0.05, 0) is 30.5 Å². The zero-order valence-electron chi connectivity index (χ0n) is 15.4. The average molecular weight is 425 g/mol. The lowest BCUT2D eigenvalue weighted by Gasteiger charge is -2.29. The van der Waals surface area contributed by atoms with Gasteiger partial charge in [0.25, 0.3) is 0 Å². The van der Waals surface area contributed by atoms with Gasteiger partial charge in [0.1, 0.15) is 0 Å². The lowest BCUT2D eigenvalue weighted by atomic mass is 10.1. The number of morpholine rings is 1. The van der Waals surface area contributed by atoms with Crippen LogP contribution in [0.1, 0.15) is 17.5 Å². The van der Waals surface area contributed by atoms with E-state index < -0.39 is 35.2 Å². The van der Waals surface area contributed by atoms with Crippen molar-refractivity contribution in [1.29, 1.82) is 0 Å². The number of carbonyl (C=O) groups is 1. The molecule has 2 aliphatic heterocycles. The van der Waals surface area contributed by atoms with E-state index in [1.807, 2.05) is 0 Å². The number of amides is 2. The Morgan fingerprint density at radius 2 is 1.59 bits per heavy atom. The Hall–Kier alpha value is -2.01. The zero-order valence-corrected chi connectivity index (χ0v) is 15.4. The molecule has 1 N–H and O–H groups in total. The summed E-state index contributed by atoms with van der Waals surface area (Å²) in [5.74, 6) is 0.200. The molecule has 162 valence electrons. The second-order valence-electron chi connectivity index (χ2n) is 7.24. The molecule has 11 heteroatoms. The second kappa shape index (κ2) is 8.39. The Labute approximate surface area is 163 Å². The quantitative estimate of drug-likeness (QED) is 0.747.